The molecule has 1 atom stereocenters. The van der Waals surface area contributed by atoms with Crippen LogP contribution >= 0.6 is 0 Å². The number of hydrogen-bond donors (Lipinski definition) is 0. The summed E-state index contributed by atoms with van der Waals surface area (Å²) in [6.45, 7) is 11.3. The number of rotatable bonds is 16. The summed E-state index contributed by atoms with van der Waals surface area (Å²) >= 11 is 0. The van der Waals surface area contributed by atoms with Crippen molar-refractivity contribution in [1.82, 2.24) is 0 Å². The van der Waals surface area contributed by atoms with Gasteiger partial charge in [-0.25, -0.2) is 0 Å². The molecular weight excluding hydrogens is 484 g/mol. The minimum absolute atomic E-state index is 0.0638. The van der Waals surface area contributed by atoms with Gasteiger partial charge in [0.25, 0.3) is 0 Å². The van der Waals surface area contributed by atoms with Gasteiger partial charge in [0.1, 0.15) is 10.6 Å². The number of unbranched alkanes of at least 4 members (excludes halogenated alkanes) is 3. The van der Waals surface area contributed by atoms with Crippen molar-refractivity contribution in [1.29, 1.82) is 0 Å². The molecule has 1 aliphatic carbocycles. The largest absolute Gasteiger partial charge is 0.421 e. The molecule has 0 saturated heterocycles. The Morgan fingerprint density at radius 3 is 2.11 bits per heavy atom. The van der Waals surface area contributed by atoms with E-state index in [2.05, 4.69) is 20.8 Å². The highest BCUT2D eigenvalue weighted by Crippen LogP contribution is 2.30. The SMILES string of the molecule is CCCC[N+](CCCC)(CCCC)C(CC)Oc1oc2c(c1[N+](=O)[O-])=C(C(=O)c1ccccc1)C(=O)CC=2. The van der Waals surface area contributed by atoms with Gasteiger partial charge in [-0.2, -0.15) is 0 Å². The molecule has 1 aliphatic rings. The first kappa shape index (κ1) is 29.3. The average Bonchev–Trinajstić information content (AvgIpc) is 3.30. The number of fused-ring (bicyclic) bond motifs is 1. The van der Waals surface area contributed by atoms with Crippen molar-refractivity contribution in [3.63, 3.8) is 0 Å². The molecule has 3 rings (SSSR count). The molecule has 0 bridgehead atoms. The minimum atomic E-state index is -0.589. The van der Waals surface area contributed by atoms with Gasteiger partial charge in [0.2, 0.25) is 6.23 Å². The Morgan fingerprint density at radius 2 is 1.61 bits per heavy atom. The first-order valence-corrected chi connectivity index (χ1v) is 14.0. The third-order valence-corrected chi connectivity index (χ3v) is 7.40. The summed E-state index contributed by atoms with van der Waals surface area (Å²) < 4.78 is 13.1. The van der Waals surface area contributed by atoms with Crippen molar-refractivity contribution in [2.75, 3.05) is 19.6 Å². The van der Waals surface area contributed by atoms with Crippen LogP contribution in [0.3, 0.4) is 0 Å². The van der Waals surface area contributed by atoms with Gasteiger partial charge in [0.05, 0.1) is 30.1 Å². The van der Waals surface area contributed by atoms with E-state index in [4.69, 9.17) is 9.15 Å². The molecule has 206 valence electrons. The van der Waals surface area contributed by atoms with E-state index in [1.165, 1.54) is 6.08 Å². The van der Waals surface area contributed by atoms with Gasteiger partial charge in [-0.1, -0.05) is 77.3 Å². The number of carbonyl (C=O) groups is 2. The number of benzene rings is 1. The molecule has 0 amide bonds. The Balaban J connectivity index is 2.18. The summed E-state index contributed by atoms with van der Waals surface area (Å²) in [7, 11) is 0. The smallest absolute Gasteiger partial charge is 0.372 e. The Kier molecular flexibility index (Phi) is 10.4. The second-order valence-corrected chi connectivity index (χ2v) is 10.1. The molecule has 0 N–H and O–H groups in total. The topological polar surface area (TPSA) is 99.7 Å². The summed E-state index contributed by atoms with van der Waals surface area (Å²) in [5.74, 6) is -1.23. The molecular formula is C30H41N2O6+. The highest BCUT2D eigenvalue weighted by atomic mass is 16.6. The maximum atomic E-state index is 13.4. The van der Waals surface area contributed by atoms with E-state index in [9.17, 15) is 19.7 Å². The standard InChI is InChI=1S/C30H41N2O6/c1-5-9-19-32(20-10-6-2,21-11-7-3)25(8-4)38-30-28(31(35)36)27-24(37-30)18-17-23(33)26(27)29(34)22-15-13-12-14-16-22/h12-16,18,25H,5-11,17,19-21H2,1-4H3/q+1. The van der Waals surface area contributed by atoms with Crippen molar-refractivity contribution >= 4 is 28.9 Å². The molecule has 38 heavy (non-hydrogen) atoms. The molecule has 8 nitrogen and oxygen atoms in total. The van der Waals surface area contributed by atoms with Gasteiger partial charge in [-0.05, 0) is 25.3 Å². The number of ketones is 2. The fourth-order valence-electron chi connectivity index (χ4n) is 5.34. The predicted molar refractivity (Wildman–Crippen MR) is 147 cm³/mol. The van der Waals surface area contributed by atoms with Crippen LogP contribution in [0.15, 0.2) is 34.7 Å². The van der Waals surface area contributed by atoms with Gasteiger partial charge < -0.3 is 9.15 Å². The lowest BCUT2D eigenvalue weighted by Crippen LogP contribution is -2.59. The van der Waals surface area contributed by atoms with Gasteiger partial charge in [0.15, 0.2) is 11.6 Å². The van der Waals surface area contributed by atoms with Crippen molar-refractivity contribution in [2.24, 2.45) is 0 Å². The van der Waals surface area contributed by atoms with E-state index in [0.717, 1.165) is 58.2 Å². The van der Waals surface area contributed by atoms with Crippen molar-refractivity contribution in [3.05, 3.63) is 56.6 Å². The van der Waals surface area contributed by atoms with E-state index in [1.807, 2.05) is 6.92 Å². The summed E-state index contributed by atoms with van der Waals surface area (Å²) in [5.41, 5.74) is -0.214. The van der Waals surface area contributed by atoms with E-state index < -0.39 is 22.2 Å². The molecule has 0 radical (unpaired) electrons. The number of hydrogen-bond acceptors (Lipinski definition) is 6. The van der Waals surface area contributed by atoms with Crippen LogP contribution in [0.25, 0.3) is 11.6 Å². The molecule has 0 spiro atoms. The number of ether oxygens (including phenoxy) is 1. The number of furan rings is 1. The summed E-state index contributed by atoms with van der Waals surface area (Å²) in [4.78, 5) is 38.1. The number of Topliss-reactive ketones (excluding diaryl/α,β-unsaturated/α-hetero) is 2. The zero-order chi connectivity index (χ0) is 27.7. The van der Waals surface area contributed by atoms with E-state index >= 15 is 0 Å². The first-order valence-electron chi connectivity index (χ1n) is 14.0. The lowest BCUT2D eigenvalue weighted by Gasteiger charge is -2.44. The van der Waals surface area contributed by atoms with Gasteiger partial charge in [-0.15, -0.1) is 0 Å². The van der Waals surface area contributed by atoms with Crippen LogP contribution in [-0.4, -0.2) is 46.8 Å². The fraction of sp³-hybridized carbons (Fsp3) is 0.533. The van der Waals surface area contributed by atoms with Crippen LogP contribution in [0, 0.1) is 10.1 Å². The molecule has 1 aromatic carbocycles. The molecule has 0 saturated carbocycles. The number of nitrogens with zero attached hydrogens (tertiary/aromatic N) is 2. The summed E-state index contributed by atoms with van der Waals surface area (Å²) in [6, 6.07) is 8.34. The molecule has 1 unspecified atom stereocenters. The molecule has 8 heteroatoms. The highest BCUT2D eigenvalue weighted by Gasteiger charge is 2.40. The Labute approximate surface area is 224 Å². The van der Waals surface area contributed by atoms with Crippen molar-refractivity contribution in [2.45, 2.75) is 85.3 Å². The fourth-order valence-corrected chi connectivity index (χ4v) is 5.34. The molecule has 1 aromatic heterocycles. The van der Waals surface area contributed by atoms with Crippen LogP contribution in [0.2, 0.25) is 0 Å². The quantitative estimate of drug-likeness (QED) is 0.0969. The average molecular weight is 526 g/mol. The van der Waals surface area contributed by atoms with Crippen LogP contribution in [-0.2, 0) is 4.79 Å². The molecule has 0 fully saturated rings. The zero-order valence-corrected chi connectivity index (χ0v) is 23.2. The van der Waals surface area contributed by atoms with E-state index in [-0.39, 0.29) is 34.8 Å². The third kappa shape index (κ3) is 6.23. The van der Waals surface area contributed by atoms with Crippen LogP contribution in [0.4, 0.5) is 5.69 Å². The first-order chi connectivity index (χ1) is 18.3. The number of carbonyl (C=O) groups excluding carboxylic acids is 2. The van der Waals surface area contributed by atoms with Gasteiger partial charge >= 0.3 is 11.6 Å². The maximum Gasteiger partial charge on any atom is 0.372 e. The van der Waals surface area contributed by atoms with Crippen LogP contribution in [0.5, 0.6) is 5.95 Å². The van der Waals surface area contributed by atoms with E-state index in [0.29, 0.717) is 16.5 Å². The second-order valence-electron chi connectivity index (χ2n) is 10.1. The lowest BCUT2D eigenvalue weighted by molar-refractivity contribution is -0.968. The normalized spacial score (nSPS) is 14.1. The minimum Gasteiger partial charge on any atom is -0.421 e. The van der Waals surface area contributed by atoms with Gasteiger partial charge in [0, 0.05) is 18.4 Å². The Hall–Kier alpha value is -3.26. The molecule has 2 aromatic rings. The summed E-state index contributed by atoms with van der Waals surface area (Å²) in [5, 5.41) is 12.3. The van der Waals surface area contributed by atoms with E-state index in [1.54, 1.807) is 30.3 Å². The highest BCUT2D eigenvalue weighted by molar-refractivity contribution is 6.46. The van der Waals surface area contributed by atoms with Crippen LogP contribution in [0.1, 0.15) is 89.4 Å². The predicted octanol–water partition coefficient (Wildman–Crippen LogP) is 5.31. The zero-order valence-electron chi connectivity index (χ0n) is 23.2. The third-order valence-electron chi connectivity index (χ3n) is 7.40. The maximum absolute atomic E-state index is 13.4. The second kappa shape index (κ2) is 13.5. The van der Waals surface area contributed by atoms with Crippen LogP contribution < -0.4 is 15.4 Å². The van der Waals surface area contributed by atoms with Crippen molar-refractivity contribution in [3.8, 4) is 5.95 Å². The lowest BCUT2D eigenvalue weighted by atomic mass is 9.93. The Morgan fingerprint density at radius 1 is 1.03 bits per heavy atom. The molecule has 0 aliphatic heterocycles. The summed E-state index contributed by atoms with van der Waals surface area (Å²) in [6.07, 6.45) is 7.93. The van der Waals surface area contributed by atoms with Crippen molar-refractivity contribution < 1.29 is 28.1 Å². The van der Waals surface area contributed by atoms with Gasteiger partial charge in [-0.3, -0.25) is 24.2 Å². The number of quaternary nitrogens is 1. The number of nitro groups is 1. The monoisotopic (exact) mass is 525 g/mol. The molecule has 1 heterocycles. The Bertz CT molecular complexity index is 1230.